The van der Waals surface area contributed by atoms with Gasteiger partial charge in [-0.3, -0.25) is 4.79 Å². The lowest BCUT2D eigenvalue weighted by molar-refractivity contribution is -0.137. The molecule has 0 atom stereocenters. The Balaban J connectivity index is 1.66. The average molecular weight is 490 g/mol. The molecule has 0 radical (unpaired) electrons. The molecule has 1 fully saturated rings. The molecule has 178 valence electrons. The number of esters is 1. The van der Waals surface area contributed by atoms with Gasteiger partial charge in [-0.2, -0.15) is 17.5 Å². The minimum atomic E-state index is -4.60. The van der Waals surface area contributed by atoms with E-state index in [1.54, 1.807) is 0 Å². The molecule has 0 aromatic heterocycles. The van der Waals surface area contributed by atoms with Crippen LogP contribution in [0.25, 0.3) is 0 Å². The van der Waals surface area contributed by atoms with Crippen molar-refractivity contribution in [1.82, 2.24) is 4.31 Å². The lowest BCUT2D eigenvalue weighted by Crippen LogP contribution is -2.41. The van der Waals surface area contributed by atoms with Crippen LogP contribution in [-0.4, -0.2) is 57.5 Å². The third-order valence-corrected chi connectivity index (χ3v) is 6.48. The average Bonchev–Trinajstić information content (AvgIpc) is 2.78. The van der Waals surface area contributed by atoms with Gasteiger partial charge in [-0.1, -0.05) is 6.07 Å². The Morgan fingerprint density at radius 1 is 1.09 bits per heavy atom. The second-order valence-electron chi connectivity index (χ2n) is 6.86. The third-order valence-electron chi connectivity index (χ3n) is 4.56. The number of halogens is 4. The Morgan fingerprint density at radius 3 is 2.45 bits per heavy atom. The third kappa shape index (κ3) is 6.06. The quantitative estimate of drug-likeness (QED) is 0.494. The number of carbonyl (C=O) groups is 2. The van der Waals surface area contributed by atoms with E-state index in [0.717, 1.165) is 34.6 Å². The number of amides is 1. The summed E-state index contributed by atoms with van der Waals surface area (Å²) in [5.74, 6) is -3.11. The highest BCUT2D eigenvalue weighted by Crippen LogP contribution is 2.30. The highest BCUT2D eigenvalue weighted by molar-refractivity contribution is 7.89. The Morgan fingerprint density at radius 2 is 1.79 bits per heavy atom. The zero-order chi connectivity index (χ0) is 24.2. The molecule has 2 aromatic carbocycles. The van der Waals surface area contributed by atoms with Gasteiger partial charge in [0.05, 0.1) is 24.3 Å². The summed E-state index contributed by atoms with van der Waals surface area (Å²) in [6.45, 7) is -0.538. The van der Waals surface area contributed by atoms with Crippen molar-refractivity contribution in [2.75, 3.05) is 38.2 Å². The van der Waals surface area contributed by atoms with Crippen LogP contribution in [0.1, 0.15) is 15.9 Å². The van der Waals surface area contributed by atoms with Crippen molar-refractivity contribution >= 4 is 27.6 Å². The molecule has 33 heavy (non-hydrogen) atoms. The van der Waals surface area contributed by atoms with Gasteiger partial charge in [0.25, 0.3) is 5.91 Å². The maximum Gasteiger partial charge on any atom is 0.416 e. The van der Waals surface area contributed by atoms with Gasteiger partial charge in [-0.15, -0.1) is 0 Å². The molecule has 0 bridgehead atoms. The normalized spacial score (nSPS) is 15.2. The first-order valence-corrected chi connectivity index (χ1v) is 10.9. The fraction of sp³-hybridized carbons (Fsp3) is 0.300. The van der Waals surface area contributed by atoms with Crippen molar-refractivity contribution in [2.24, 2.45) is 0 Å². The number of hydrogen-bond acceptors (Lipinski definition) is 6. The zero-order valence-corrected chi connectivity index (χ0v) is 17.7. The van der Waals surface area contributed by atoms with Crippen molar-refractivity contribution in [3.8, 4) is 0 Å². The van der Waals surface area contributed by atoms with E-state index < -0.39 is 51.0 Å². The number of carbonyl (C=O) groups excluding carboxylic acids is 2. The summed E-state index contributed by atoms with van der Waals surface area (Å²) < 4.78 is 88.7. The largest absolute Gasteiger partial charge is 0.452 e. The number of nitrogens with zero attached hydrogens (tertiary/aromatic N) is 1. The summed E-state index contributed by atoms with van der Waals surface area (Å²) in [6.07, 6.45) is -4.60. The molecule has 0 spiro atoms. The van der Waals surface area contributed by atoms with E-state index >= 15 is 0 Å². The van der Waals surface area contributed by atoms with Crippen LogP contribution in [0.5, 0.6) is 0 Å². The van der Waals surface area contributed by atoms with Gasteiger partial charge in [0.2, 0.25) is 10.0 Å². The van der Waals surface area contributed by atoms with E-state index in [9.17, 15) is 35.6 Å². The van der Waals surface area contributed by atoms with E-state index in [1.165, 1.54) is 6.07 Å². The lowest BCUT2D eigenvalue weighted by Gasteiger charge is -2.26. The van der Waals surface area contributed by atoms with E-state index in [4.69, 9.17) is 9.47 Å². The lowest BCUT2D eigenvalue weighted by atomic mass is 10.2. The standard InChI is InChI=1S/C20H18F4N2O6S/c21-16-5-4-13(10-17(16)33(29,30)26-6-8-31-9-7-26)19(28)32-12-18(27)25-15-3-1-2-14(11-15)20(22,23)24/h1-5,10-11H,6-9,12H2,(H,25,27). The maximum atomic E-state index is 14.2. The molecule has 1 aliphatic heterocycles. The summed E-state index contributed by atoms with van der Waals surface area (Å²) in [5, 5.41) is 2.16. The smallest absolute Gasteiger partial charge is 0.416 e. The second-order valence-corrected chi connectivity index (χ2v) is 8.77. The molecule has 1 N–H and O–H groups in total. The van der Waals surface area contributed by atoms with Crippen molar-refractivity contribution in [3.05, 3.63) is 59.4 Å². The monoisotopic (exact) mass is 490 g/mol. The fourth-order valence-electron chi connectivity index (χ4n) is 2.94. The first-order chi connectivity index (χ1) is 15.5. The van der Waals surface area contributed by atoms with Crippen molar-refractivity contribution < 1.29 is 45.0 Å². The Labute approximate surface area is 186 Å². The van der Waals surface area contributed by atoms with Crippen LogP contribution in [0.2, 0.25) is 0 Å². The van der Waals surface area contributed by atoms with Crippen molar-refractivity contribution in [1.29, 1.82) is 0 Å². The highest BCUT2D eigenvalue weighted by Gasteiger charge is 2.31. The molecule has 1 saturated heterocycles. The number of benzene rings is 2. The van der Waals surface area contributed by atoms with Gasteiger partial charge in [-0.05, 0) is 36.4 Å². The van der Waals surface area contributed by atoms with Gasteiger partial charge in [0, 0.05) is 18.8 Å². The van der Waals surface area contributed by atoms with Gasteiger partial charge in [0.1, 0.15) is 10.7 Å². The predicted octanol–water partition coefficient (Wildman–Crippen LogP) is 2.66. The number of morpholine rings is 1. The molecule has 1 heterocycles. The molecule has 1 aliphatic rings. The molecule has 3 rings (SSSR count). The number of rotatable bonds is 6. The Hall–Kier alpha value is -3.03. The van der Waals surface area contributed by atoms with Gasteiger partial charge in [-0.25, -0.2) is 17.6 Å². The molecule has 1 amide bonds. The van der Waals surface area contributed by atoms with Crippen molar-refractivity contribution in [2.45, 2.75) is 11.1 Å². The van der Waals surface area contributed by atoms with Crippen LogP contribution >= 0.6 is 0 Å². The summed E-state index contributed by atoms with van der Waals surface area (Å²) in [7, 11) is -4.24. The van der Waals surface area contributed by atoms with E-state index in [1.807, 2.05) is 0 Å². The number of alkyl halides is 3. The first-order valence-electron chi connectivity index (χ1n) is 9.50. The van der Waals surface area contributed by atoms with Crippen molar-refractivity contribution in [3.63, 3.8) is 0 Å². The zero-order valence-electron chi connectivity index (χ0n) is 16.9. The molecule has 0 saturated carbocycles. The van der Waals surface area contributed by atoms with Crippen LogP contribution in [0.4, 0.5) is 23.2 Å². The van der Waals surface area contributed by atoms with Crippen LogP contribution in [0, 0.1) is 5.82 Å². The molecular weight excluding hydrogens is 472 g/mol. The summed E-state index contributed by atoms with van der Waals surface area (Å²) in [6, 6.07) is 6.42. The minimum Gasteiger partial charge on any atom is -0.452 e. The number of sulfonamides is 1. The molecule has 0 aliphatic carbocycles. The number of hydrogen-bond donors (Lipinski definition) is 1. The first kappa shape index (κ1) is 24.6. The second kappa shape index (κ2) is 9.85. The Kier molecular flexibility index (Phi) is 7.34. The molecule has 8 nitrogen and oxygen atoms in total. The van der Waals surface area contributed by atoms with E-state index in [-0.39, 0.29) is 37.6 Å². The molecular formula is C20H18F4N2O6S. The SMILES string of the molecule is O=C(COC(=O)c1ccc(F)c(S(=O)(=O)N2CCOCC2)c1)Nc1cccc(C(F)(F)F)c1. The molecule has 13 heteroatoms. The maximum absolute atomic E-state index is 14.2. The van der Waals surface area contributed by atoms with Crippen LogP contribution in [-0.2, 0) is 30.5 Å². The summed E-state index contributed by atoms with van der Waals surface area (Å²) in [5.41, 5.74) is -1.46. The highest BCUT2D eigenvalue weighted by atomic mass is 32.2. The molecule has 0 unspecified atom stereocenters. The number of anilines is 1. The summed E-state index contributed by atoms with van der Waals surface area (Å²) in [4.78, 5) is 23.5. The Bertz CT molecular complexity index is 1150. The number of nitrogens with one attached hydrogen (secondary N) is 1. The van der Waals surface area contributed by atoms with E-state index in [2.05, 4.69) is 5.32 Å². The fourth-order valence-corrected chi connectivity index (χ4v) is 4.44. The minimum absolute atomic E-state index is 0.0200. The van der Waals surface area contributed by atoms with Crippen LogP contribution < -0.4 is 5.32 Å². The summed E-state index contributed by atoms with van der Waals surface area (Å²) >= 11 is 0. The van der Waals surface area contributed by atoms with E-state index in [0.29, 0.717) is 6.07 Å². The van der Waals surface area contributed by atoms with Gasteiger partial charge < -0.3 is 14.8 Å². The van der Waals surface area contributed by atoms with Gasteiger partial charge >= 0.3 is 12.1 Å². The predicted molar refractivity (Wildman–Crippen MR) is 106 cm³/mol. The topological polar surface area (TPSA) is 102 Å². The van der Waals surface area contributed by atoms with Crippen LogP contribution in [0.3, 0.4) is 0 Å². The number of ether oxygens (including phenoxy) is 2. The van der Waals surface area contributed by atoms with Gasteiger partial charge in [0.15, 0.2) is 6.61 Å². The molecule has 2 aromatic rings. The van der Waals surface area contributed by atoms with Crippen LogP contribution in [0.15, 0.2) is 47.4 Å².